The van der Waals surface area contributed by atoms with Gasteiger partial charge in [-0.3, -0.25) is 14.4 Å². The first-order valence-corrected chi connectivity index (χ1v) is 8.52. The molecule has 1 N–H and O–H groups in total. The molecule has 0 saturated carbocycles. The van der Waals surface area contributed by atoms with E-state index in [0.717, 1.165) is 0 Å². The topological polar surface area (TPSA) is 88.8 Å². The zero-order valence-corrected chi connectivity index (χ0v) is 15.2. The van der Waals surface area contributed by atoms with Gasteiger partial charge in [0.15, 0.2) is 11.9 Å². The van der Waals surface area contributed by atoms with Gasteiger partial charge in [0.1, 0.15) is 0 Å². The number of hydrogen-bond donors (Lipinski definition) is 1. The molecule has 2 rings (SSSR count). The summed E-state index contributed by atoms with van der Waals surface area (Å²) in [5, 5.41) is 2.79. The van der Waals surface area contributed by atoms with E-state index in [1.807, 2.05) is 20.8 Å². The van der Waals surface area contributed by atoms with E-state index in [9.17, 15) is 14.4 Å². The number of ether oxygens (including phenoxy) is 1. The quantitative estimate of drug-likeness (QED) is 0.839. The highest BCUT2D eigenvalue weighted by molar-refractivity contribution is 5.91. The van der Waals surface area contributed by atoms with E-state index in [1.54, 1.807) is 24.0 Å². The van der Waals surface area contributed by atoms with Crippen molar-refractivity contribution in [3.63, 3.8) is 0 Å². The molecule has 1 atom stereocenters. The van der Waals surface area contributed by atoms with Crippen LogP contribution in [0.5, 0.6) is 0 Å². The van der Waals surface area contributed by atoms with Crippen LogP contribution < -0.4 is 5.32 Å². The lowest BCUT2D eigenvalue weighted by Gasteiger charge is -2.31. The van der Waals surface area contributed by atoms with Crippen molar-refractivity contribution >= 4 is 17.8 Å². The third kappa shape index (κ3) is 5.34. The van der Waals surface area contributed by atoms with Gasteiger partial charge in [-0.15, -0.1) is 0 Å². The number of furan rings is 1. The number of likely N-dealkylation sites (tertiary alicyclic amines) is 1. The monoisotopic (exact) mass is 350 g/mol. The number of nitrogens with zero attached hydrogens (tertiary/aromatic N) is 1. The molecule has 1 aromatic rings. The Kier molecular flexibility index (Phi) is 5.87. The Bertz CT molecular complexity index is 610. The summed E-state index contributed by atoms with van der Waals surface area (Å²) >= 11 is 0. The smallest absolute Gasteiger partial charge is 0.309 e. The van der Waals surface area contributed by atoms with Gasteiger partial charge in [-0.2, -0.15) is 0 Å². The SMILES string of the molecule is C[C@@H](OC(=O)C1CCN(C(=O)c2ccco2)CC1)C(=O)NC(C)(C)C. The molecule has 0 unspecified atom stereocenters. The van der Waals surface area contributed by atoms with Crippen molar-refractivity contribution in [2.45, 2.75) is 52.2 Å². The summed E-state index contributed by atoms with van der Waals surface area (Å²) in [5.41, 5.74) is -0.380. The average molecular weight is 350 g/mol. The molecule has 0 radical (unpaired) electrons. The van der Waals surface area contributed by atoms with E-state index >= 15 is 0 Å². The second kappa shape index (κ2) is 7.72. The molecule has 7 nitrogen and oxygen atoms in total. The molecule has 0 aliphatic carbocycles. The maximum Gasteiger partial charge on any atom is 0.309 e. The van der Waals surface area contributed by atoms with Gasteiger partial charge in [-0.1, -0.05) is 0 Å². The van der Waals surface area contributed by atoms with Gasteiger partial charge in [0.05, 0.1) is 12.2 Å². The van der Waals surface area contributed by atoms with Crippen molar-refractivity contribution in [1.29, 1.82) is 0 Å². The number of piperidine rings is 1. The molecule has 1 aromatic heterocycles. The second-order valence-corrected chi connectivity index (χ2v) is 7.36. The van der Waals surface area contributed by atoms with Crippen LogP contribution in [-0.4, -0.2) is 47.4 Å². The first-order chi connectivity index (χ1) is 11.7. The summed E-state index contributed by atoms with van der Waals surface area (Å²) in [6.45, 7) is 8.08. The summed E-state index contributed by atoms with van der Waals surface area (Å²) in [6.07, 6.45) is 1.65. The van der Waals surface area contributed by atoms with Crippen molar-refractivity contribution in [2.24, 2.45) is 5.92 Å². The molecule has 138 valence electrons. The van der Waals surface area contributed by atoms with Crippen LogP contribution >= 0.6 is 0 Å². The summed E-state index contributed by atoms with van der Waals surface area (Å²) in [7, 11) is 0. The van der Waals surface area contributed by atoms with Gasteiger partial charge in [0, 0.05) is 18.6 Å². The highest BCUT2D eigenvalue weighted by Gasteiger charge is 2.31. The summed E-state index contributed by atoms with van der Waals surface area (Å²) in [6, 6.07) is 3.29. The van der Waals surface area contributed by atoms with Crippen LogP contribution in [-0.2, 0) is 14.3 Å². The number of carbonyl (C=O) groups is 3. The molecule has 0 bridgehead atoms. The molecule has 1 aliphatic rings. The second-order valence-electron chi connectivity index (χ2n) is 7.36. The number of carbonyl (C=O) groups excluding carboxylic acids is 3. The highest BCUT2D eigenvalue weighted by Crippen LogP contribution is 2.21. The molecule has 2 amide bonds. The Balaban J connectivity index is 1.81. The average Bonchev–Trinajstić information content (AvgIpc) is 3.07. The number of rotatable bonds is 4. The minimum absolute atomic E-state index is 0.172. The van der Waals surface area contributed by atoms with Crippen LogP contribution in [0.2, 0.25) is 0 Å². The van der Waals surface area contributed by atoms with E-state index < -0.39 is 6.10 Å². The van der Waals surface area contributed by atoms with E-state index in [4.69, 9.17) is 9.15 Å². The Morgan fingerprint density at radius 1 is 1.28 bits per heavy atom. The molecular formula is C18H26N2O5. The highest BCUT2D eigenvalue weighted by atomic mass is 16.5. The molecule has 1 fully saturated rings. The van der Waals surface area contributed by atoms with Crippen molar-refractivity contribution in [2.75, 3.05) is 13.1 Å². The summed E-state index contributed by atoms with van der Waals surface area (Å²) in [4.78, 5) is 38.1. The van der Waals surface area contributed by atoms with Crippen LogP contribution in [0.25, 0.3) is 0 Å². The minimum atomic E-state index is -0.838. The van der Waals surface area contributed by atoms with E-state index in [0.29, 0.717) is 31.7 Å². The molecule has 2 heterocycles. The van der Waals surface area contributed by atoms with Gasteiger partial charge in [-0.05, 0) is 52.7 Å². The van der Waals surface area contributed by atoms with Crippen molar-refractivity contribution in [3.05, 3.63) is 24.2 Å². The van der Waals surface area contributed by atoms with E-state index in [1.165, 1.54) is 6.26 Å². The van der Waals surface area contributed by atoms with E-state index in [2.05, 4.69) is 5.32 Å². The fourth-order valence-corrected chi connectivity index (χ4v) is 2.67. The van der Waals surface area contributed by atoms with Gasteiger partial charge in [-0.25, -0.2) is 0 Å². The Hall–Kier alpha value is -2.31. The van der Waals surface area contributed by atoms with Crippen LogP contribution in [0.1, 0.15) is 51.1 Å². The van der Waals surface area contributed by atoms with E-state index in [-0.39, 0.29) is 29.2 Å². The number of amides is 2. The predicted molar refractivity (Wildman–Crippen MR) is 90.8 cm³/mol. The lowest BCUT2D eigenvalue weighted by molar-refractivity contribution is -0.160. The molecular weight excluding hydrogens is 324 g/mol. The van der Waals surface area contributed by atoms with Crippen molar-refractivity contribution < 1.29 is 23.5 Å². The maximum atomic E-state index is 12.3. The van der Waals surface area contributed by atoms with Gasteiger partial charge >= 0.3 is 5.97 Å². The largest absolute Gasteiger partial charge is 0.459 e. The van der Waals surface area contributed by atoms with Crippen molar-refractivity contribution in [1.82, 2.24) is 10.2 Å². The predicted octanol–water partition coefficient (Wildman–Crippen LogP) is 1.98. The third-order valence-corrected chi connectivity index (χ3v) is 4.01. The van der Waals surface area contributed by atoms with Gasteiger partial charge in [0.25, 0.3) is 11.8 Å². The maximum absolute atomic E-state index is 12.3. The molecule has 1 saturated heterocycles. The first-order valence-electron chi connectivity index (χ1n) is 8.52. The molecule has 0 aromatic carbocycles. The standard InChI is InChI=1S/C18H26N2O5/c1-12(15(21)19-18(2,3)4)25-17(23)13-7-9-20(10-8-13)16(22)14-6-5-11-24-14/h5-6,11-13H,7-10H2,1-4H3,(H,19,21)/t12-/m1/s1. The molecule has 7 heteroatoms. The lowest BCUT2D eigenvalue weighted by Crippen LogP contribution is -2.47. The van der Waals surface area contributed by atoms with Crippen LogP contribution in [0.15, 0.2) is 22.8 Å². The van der Waals surface area contributed by atoms with Gasteiger partial charge < -0.3 is 19.4 Å². The van der Waals surface area contributed by atoms with Crippen LogP contribution in [0, 0.1) is 5.92 Å². The lowest BCUT2D eigenvalue weighted by atomic mass is 9.97. The van der Waals surface area contributed by atoms with Crippen molar-refractivity contribution in [3.8, 4) is 0 Å². The molecule has 1 aliphatic heterocycles. The number of esters is 1. The summed E-state index contributed by atoms with van der Waals surface area (Å²) < 4.78 is 10.4. The Morgan fingerprint density at radius 3 is 2.44 bits per heavy atom. The zero-order valence-electron chi connectivity index (χ0n) is 15.2. The Labute approximate surface area is 147 Å². The first kappa shape index (κ1) is 19.0. The summed E-state index contributed by atoms with van der Waals surface area (Å²) in [5.74, 6) is -0.873. The van der Waals surface area contributed by atoms with Crippen LogP contribution in [0.3, 0.4) is 0 Å². The fraction of sp³-hybridized carbons (Fsp3) is 0.611. The molecule has 25 heavy (non-hydrogen) atoms. The normalized spacial score (nSPS) is 17.0. The fourth-order valence-electron chi connectivity index (χ4n) is 2.67. The number of nitrogens with one attached hydrogen (secondary N) is 1. The molecule has 0 spiro atoms. The Morgan fingerprint density at radius 2 is 1.92 bits per heavy atom. The minimum Gasteiger partial charge on any atom is -0.459 e. The zero-order chi connectivity index (χ0) is 18.6. The van der Waals surface area contributed by atoms with Gasteiger partial charge in [0.2, 0.25) is 0 Å². The van der Waals surface area contributed by atoms with Crippen LogP contribution in [0.4, 0.5) is 0 Å². The number of hydrogen-bond acceptors (Lipinski definition) is 5. The third-order valence-electron chi connectivity index (χ3n) is 4.01.